The zero-order valence-electron chi connectivity index (χ0n) is 11.8. The Hall–Kier alpha value is -1.56. The van der Waals surface area contributed by atoms with Crippen molar-refractivity contribution in [3.63, 3.8) is 0 Å². The molecule has 0 atom stereocenters. The van der Waals surface area contributed by atoms with Crippen LogP contribution in [0.2, 0.25) is 10.0 Å². The first-order chi connectivity index (χ1) is 10.1. The quantitative estimate of drug-likeness (QED) is 0.836. The van der Waals surface area contributed by atoms with Crippen LogP contribution in [0.15, 0.2) is 24.3 Å². The maximum absolute atomic E-state index is 5.99. The number of hydrogen-bond donors (Lipinski definition) is 2. The summed E-state index contributed by atoms with van der Waals surface area (Å²) in [4.78, 5) is 8.73. The predicted octanol–water partition coefficient (Wildman–Crippen LogP) is 4.11. The Morgan fingerprint density at radius 3 is 2.33 bits per heavy atom. The van der Waals surface area contributed by atoms with Gasteiger partial charge in [0, 0.05) is 35.5 Å². The van der Waals surface area contributed by atoms with Gasteiger partial charge in [-0.25, -0.2) is 9.97 Å². The Morgan fingerprint density at radius 2 is 1.71 bits per heavy atom. The van der Waals surface area contributed by atoms with Crippen LogP contribution in [0.5, 0.6) is 0 Å². The standard InChI is InChI=1S/C14H16Cl2N4O/c1-3-21-8-14-19-12(17-2)7-13(20-14)18-11-5-9(15)4-10(16)6-11/h4-7H,3,8H2,1-2H3,(H2,17,18,19,20). The predicted molar refractivity (Wildman–Crippen MR) is 86.7 cm³/mol. The largest absolute Gasteiger partial charge is 0.374 e. The number of halogens is 2. The van der Waals surface area contributed by atoms with Gasteiger partial charge in [0.1, 0.15) is 18.2 Å². The summed E-state index contributed by atoms with van der Waals surface area (Å²) in [6.45, 7) is 2.89. The minimum absolute atomic E-state index is 0.358. The van der Waals surface area contributed by atoms with Crippen LogP contribution in [0.1, 0.15) is 12.7 Å². The highest BCUT2D eigenvalue weighted by Gasteiger charge is 2.06. The van der Waals surface area contributed by atoms with Gasteiger partial charge in [0.05, 0.1) is 0 Å². The Morgan fingerprint density at radius 1 is 1.05 bits per heavy atom. The zero-order valence-corrected chi connectivity index (χ0v) is 13.3. The SMILES string of the molecule is CCOCc1nc(NC)cc(Nc2cc(Cl)cc(Cl)c2)n1. The fourth-order valence-electron chi connectivity index (χ4n) is 1.72. The molecule has 0 aliphatic heterocycles. The van der Waals surface area contributed by atoms with E-state index in [0.29, 0.717) is 40.7 Å². The van der Waals surface area contributed by atoms with Crippen LogP contribution in [0, 0.1) is 0 Å². The van der Waals surface area contributed by atoms with E-state index < -0.39 is 0 Å². The first kappa shape index (κ1) is 15.8. The lowest BCUT2D eigenvalue weighted by atomic mass is 10.3. The number of rotatable bonds is 6. The molecule has 7 heteroatoms. The lowest BCUT2D eigenvalue weighted by Crippen LogP contribution is -2.05. The molecule has 0 amide bonds. The van der Waals surface area contributed by atoms with E-state index in [9.17, 15) is 0 Å². The smallest absolute Gasteiger partial charge is 0.158 e. The molecule has 0 aliphatic carbocycles. The third-order valence-corrected chi connectivity index (χ3v) is 3.04. The summed E-state index contributed by atoms with van der Waals surface area (Å²) < 4.78 is 5.34. The second-order valence-electron chi connectivity index (χ2n) is 4.22. The molecule has 1 heterocycles. The van der Waals surface area contributed by atoms with E-state index in [1.807, 2.05) is 6.92 Å². The van der Waals surface area contributed by atoms with Gasteiger partial charge in [-0.05, 0) is 25.1 Å². The average molecular weight is 327 g/mol. The van der Waals surface area contributed by atoms with Crippen molar-refractivity contribution in [2.24, 2.45) is 0 Å². The molecule has 0 radical (unpaired) electrons. The fraction of sp³-hybridized carbons (Fsp3) is 0.286. The van der Waals surface area contributed by atoms with E-state index in [1.54, 1.807) is 31.3 Å². The van der Waals surface area contributed by atoms with Gasteiger partial charge in [-0.1, -0.05) is 23.2 Å². The Balaban J connectivity index is 2.25. The van der Waals surface area contributed by atoms with Crippen molar-refractivity contribution in [3.8, 4) is 0 Å². The molecule has 21 heavy (non-hydrogen) atoms. The van der Waals surface area contributed by atoms with Crippen molar-refractivity contribution in [1.29, 1.82) is 0 Å². The van der Waals surface area contributed by atoms with Gasteiger partial charge in [-0.15, -0.1) is 0 Å². The maximum atomic E-state index is 5.99. The maximum Gasteiger partial charge on any atom is 0.158 e. The van der Waals surface area contributed by atoms with E-state index in [4.69, 9.17) is 27.9 Å². The highest BCUT2D eigenvalue weighted by atomic mass is 35.5. The van der Waals surface area contributed by atoms with Crippen molar-refractivity contribution in [3.05, 3.63) is 40.1 Å². The van der Waals surface area contributed by atoms with Crippen LogP contribution in [0.3, 0.4) is 0 Å². The number of anilines is 3. The van der Waals surface area contributed by atoms with Crippen LogP contribution in [0.25, 0.3) is 0 Å². The zero-order chi connectivity index (χ0) is 15.2. The molecule has 0 aliphatic rings. The molecule has 1 aromatic carbocycles. The molecular weight excluding hydrogens is 311 g/mol. The third kappa shape index (κ3) is 4.74. The van der Waals surface area contributed by atoms with Gasteiger partial charge in [-0.2, -0.15) is 0 Å². The van der Waals surface area contributed by atoms with Crippen molar-refractivity contribution < 1.29 is 4.74 Å². The topological polar surface area (TPSA) is 59.1 Å². The molecule has 0 unspecified atom stereocenters. The molecule has 0 saturated carbocycles. The van der Waals surface area contributed by atoms with E-state index in [1.165, 1.54) is 0 Å². The monoisotopic (exact) mass is 326 g/mol. The summed E-state index contributed by atoms with van der Waals surface area (Å²) in [5.74, 6) is 1.94. The number of ether oxygens (including phenoxy) is 1. The van der Waals surface area contributed by atoms with Gasteiger partial charge in [0.15, 0.2) is 5.82 Å². The van der Waals surface area contributed by atoms with Crippen molar-refractivity contribution in [1.82, 2.24) is 9.97 Å². The summed E-state index contributed by atoms with van der Waals surface area (Å²) in [5, 5.41) is 7.27. The van der Waals surface area contributed by atoms with Crippen LogP contribution in [0.4, 0.5) is 17.3 Å². The minimum Gasteiger partial charge on any atom is -0.374 e. The van der Waals surface area contributed by atoms with E-state index in [-0.39, 0.29) is 0 Å². The van der Waals surface area contributed by atoms with Crippen LogP contribution in [-0.4, -0.2) is 23.6 Å². The normalized spacial score (nSPS) is 10.5. The van der Waals surface area contributed by atoms with E-state index in [0.717, 1.165) is 5.69 Å². The molecule has 2 rings (SSSR count). The van der Waals surface area contributed by atoms with Crippen molar-refractivity contribution in [2.75, 3.05) is 24.3 Å². The minimum atomic E-state index is 0.358. The van der Waals surface area contributed by atoms with Gasteiger partial charge in [0.2, 0.25) is 0 Å². The summed E-state index contributed by atoms with van der Waals surface area (Å²) in [6, 6.07) is 7.02. The number of nitrogens with one attached hydrogen (secondary N) is 2. The molecule has 2 aromatic rings. The molecule has 0 bridgehead atoms. The second-order valence-corrected chi connectivity index (χ2v) is 5.10. The molecule has 2 N–H and O–H groups in total. The number of aromatic nitrogens is 2. The molecule has 0 saturated heterocycles. The summed E-state index contributed by atoms with van der Waals surface area (Å²) in [5.41, 5.74) is 0.760. The fourth-order valence-corrected chi connectivity index (χ4v) is 2.25. The number of hydrogen-bond acceptors (Lipinski definition) is 5. The van der Waals surface area contributed by atoms with Gasteiger partial charge < -0.3 is 15.4 Å². The number of nitrogens with zero attached hydrogens (tertiary/aromatic N) is 2. The van der Waals surface area contributed by atoms with Crippen LogP contribution >= 0.6 is 23.2 Å². The summed E-state index contributed by atoms with van der Waals surface area (Å²) in [7, 11) is 1.80. The first-order valence-corrected chi connectivity index (χ1v) is 7.23. The Labute approximate surface area is 133 Å². The molecule has 5 nitrogen and oxygen atoms in total. The van der Waals surface area contributed by atoms with Crippen LogP contribution < -0.4 is 10.6 Å². The Bertz CT molecular complexity index is 602. The van der Waals surface area contributed by atoms with Gasteiger partial charge in [-0.3, -0.25) is 0 Å². The highest BCUT2D eigenvalue weighted by Crippen LogP contribution is 2.25. The van der Waals surface area contributed by atoms with E-state index in [2.05, 4.69) is 20.6 Å². The lowest BCUT2D eigenvalue weighted by molar-refractivity contribution is 0.128. The highest BCUT2D eigenvalue weighted by molar-refractivity contribution is 6.35. The average Bonchev–Trinajstić information content (AvgIpc) is 2.43. The van der Waals surface area contributed by atoms with Crippen molar-refractivity contribution >= 4 is 40.5 Å². The van der Waals surface area contributed by atoms with E-state index >= 15 is 0 Å². The van der Waals surface area contributed by atoms with Gasteiger partial charge >= 0.3 is 0 Å². The molecule has 1 aromatic heterocycles. The number of benzene rings is 1. The van der Waals surface area contributed by atoms with Crippen LogP contribution in [-0.2, 0) is 11.3 Å². The van der Waals surface area contributed by atoms with Gasteiger partial charge in [0.25, 0.3) is 0 Å². The van der Waals surface area contributed by atoms with Crippen molar-refractivity contribution in [2.45, 2.75) is 13.5 Å². The molecule has 0 fully saturated rings. The summed E-state index contributed by atoms with van der Waals surface area (Å²) >= 11 is 12.0. The second kappa shape index (κ2) is 7.45. The Kier molecular flexibility index (Phi) is 5.61. The molecular formula is C14H16Cl2N4O. The lowest BCUT2D eigenvalue weighted by Gasteiger charge is -2.10. The summed E-state index contributed by atoms with van der Waals surface area (Å²) in [6.07, 6.45) is 0. The molecule has 0 spiro atoms. The first-order valence-electron chi connectivity index (χ1n) is 6.47. The third-order valence-electron chi connectivity index (χ3n) is 2.60. The molecule has 112 valence electrons.